The number of hydrogen-bond donors (Lipinski definition) is 4. The van der Waals surface area contributed by atoms with Crippen molar-refractivity contribution >= 4 is 12.1 Å². The topological polar surface area (TPSA) is 105 Å². The van der Waals surface area contributed by atoms with Crippen molar-refractivity contribution in [2.75, 3.05) is 40.3 Å². The SMILES string of the molecule is CNC[C@H](CC1CCCCC1)NC(=O)N1CCC[C@@H]([C@@](O)(CCCN(C)C(=O)O)c2cc(F)cc(F)c2)C1. The monoisotopic (exact) mass is 538 g/mol. The molecule has 1 heterocycles. The number of nitrogens with zero attached hydrogens (tertiary/aromatic N) is 2. The highest BCUT2D eigenvalue weighted by Gasteiger charge is 2.42. The van der Waals surface area contributed by atoms with Crippen molar-refractivity contribution in [3.05, 3.63) is 35.4 Å². The van der Waals surface area contributed by atoms with E-state index in [1.54, 1.807) is 4.90 Å². The van der Waals surface area contributed by atoms with Crippen LogP contribution in [0, 0.1) is 23.5 Å². The van der Waals surface area contributed by atoms with Crippen LogP contribution in [-0.2, 0) is 5.60 Å². The van der Waals surface area contributed by atoms with Crippen LogP contribution in [-0.4, -0.2) is 78.5 Å². The lowest BCUT2D eigenvalue weighted by atomic mass is 9.74. The molecule has 4 N–H and O–H groups in total. The van der Waals surface area contributed by atoms with Crippen molar-refractivity contribution in [3.8, 4) is 0 Å². The lowest BCUT2D eigenvalue weighted by Crippen LogP contribution is -2.54. The fourth-order valence-corrected chi connectivity index (χ4v) is 6.15. The third-order valence-electron chi connectivity index (χ3n) is 8.25. The molecule has 3 atom stereocenters. The van der Waals surface area contributed by atoms with Gasteiger partial charge in [0, 0.05) is 51.3 Å². The number of carbonyl (C=O) groups is 2. The van der Waals surface area contributed by atoms with Crippen LogP contribution in [0.2, 0.25) is 0 Å². The quantitative estimate of drug-likeness (QED) is 0.332. The second-order valence-corrected chi connectivity index (χ2v) is 11.1. The second kappa shape index (κ2) is 14.1. The Balaban J connectivity index is 1.73. The van der Waals surface area contributed by atoms with E-state index in [-0.39, 0.29) is 37.1 Å². The molecule has 1 saturated carbocycles. The number of carboxylic acid groups (broad SMARTS) is 1. The van der Waals surface area contributed by atoms with Crippen LogP contribution in [0.5, 0.6) is 0 Å². The minimum atomic E-state index is -1.62. The molecule has 3 amide bonds. The number of nitrogens with one attached hydrogen (secondary N) is 2. The molecule has 0 aromatic heterocycles. The van der Waals surface area contributed by atoms with Gasteiger partial charge in [0.1, 0.15) is 11.6 Å². The molecule has 8 nitrogen and oxygen atoms in total. The van der Waals surface area contributed by atoms with Crippen LogP contribution < -0.4 is 10.6 Å². The maximum Gasteiger partial charge on any atom is 0.407 e. The average Bonchev–Trinajstić information content (AvgIpc) is 2.88. The van der Waals surface area contributed by atoms with Gasteiger partial charge in [-0.1, -0.05) is 32.1 Å². The predicted octanol–water partition coefficient (Wildman–Crippen LogP) is 4.52. The van der Waals surface area contributed by atoms with Gasteiger partial charge in [0.05, 0.1) is 5.60 Å². The number of amides is 3. The third-order valence-corrected chi connectivity index (χ3v) is 8.25. The molecule has 1 saturated heterocycles. The Kier molecular flexibility index (Phi) is 11.1. The van der Waals surface area contributed by atoms with Crippen LogP contribution in [0.25, 0.3) is 0 Å². The van der Waals surface area contributed by atoms with Crippen LogP contribution in [0.15, 0.2) is 18.2 Å². The van der Waals surface area contributed by atoms with Crippen molar-refractivity contribution in [1.82, 2.24) is 20.4 Å². The molecule has 0 bridgehead atoms. The Hall–Kier alpha value is -2.46. The smallest absolute Gasteiger partial charge is 0.407 e. The van der Waals surface area contributed by atoms with Crippen LogP contribution in [0.1, 0.15) is 69.8 Å². The van der Waals surface area contributed by atoms with Gasteiger partial charge in [-0.25, -0.2) is 18.4 Å². The number of rotatable bonds is 11. The lowest BCUT2D eigenvalue weighted by Gasteiger charge is -2.43. The highest BCUT2D eigenvalue weighted by Crippen LogP contribution is 2.40. The number of aliphatic hydroxyl groups is 1. The molecular formula is C28H44F2N4O4. The normalized spacial score (nSPS) is 21.0. The molecular weight excluding hydrogens is 494 g/mol. The minimum Gasteiger partial charge on any atom is -0.465 e. The van der Waals surface area contributed by atoms with E-state index >= 15 is 0 Å². The van der Waals surface area contributed by atoms with E-state index in [9.17, 15) is 23.5 Å². The van der Waals surface area contributed by atoms with Gasteiger partial charge in [0.25, 0.3) is 0 Å². The molecule has 1 aliphatic carbocycles. The fourth-order valence-electron chi connectivity index (χ4n) is 6.15. The van der Waals surface area contributed by atoms with E-state index < -0.39 is 29.2 Å². The molecule has 0 radical (unpaired) electrons. The largest absolute Gasteiger partial charge is 0.465 e. The summed E-state index contributed by atoms with van der Waals surface area (Å²) in [5.41, 5.74) is -1.50. The number of likely N-dealkylation sites (tertiary alicyclic amines) is 1. The molecule has 1 aromatic rings. The predicted molar refractivity (Wildman–Crippen MR) is 142 cm³/mol. The zero-order valence-corrected chi connectivity index (χ0v) is 22.7. The summed E-state index contributed by atoms with van der Waals surface area (Å²) >= 11 is 0. The lowest BCUT2D eigenvalue weighted by molar-refractivity contribution is -0.0566. The first kappa shape index (κ1) is 30.1. The number of benzene rings is 1. The van der Waals surface area contributed by atoms with Gasteiger partial charge >= 0.3 is 12.1 Å². The molecule has 2 aliphatic rings. The van der Waals surface area contributed by atoms with E-state index in [1.165, 1.54) is 39.2 Å². The van der Waals surface area contributed by atoms with Gasteiger partial charge in [-0.3, -0.25) is 0 Å². The molecule has 0 spiro atoms. The molecule has 2 fully saturated rings. The number of urea groups is 1. The van der Waals surface area contributed by atoms with E-state index in [2.05, 4.69) is 10.6 Å². The van der Waals surface area contributed by atoms with Gasteiger partial charge < -0.3 is 30.6 Å². The van der Waals surface area contributed by atoms with Crippen molar-refractivity contribution < 1.29 is 28.6 Å². The first-order chi connectivity index (χ1) is 18.1. The third kappa shape index (κ3) is 8.27. The Labute approximate surface area is 224 Å². The van der Waals surface area contributed by atoms with Crippen molar-refractivity contribution in [2.24, 2.45) is 11.8 Å². The van der Waals surface area contributed by atoms with Crippen LogP contribution >= 0.6 is 0 Å². The van der Waals surface area contributed by atoms with E-state index in [0.717, 1.165) is 29.5 Å². The fraction of sp³-hybridized carbons (Fsp3) is 0.714. The first-order valence-electron chi connectivity index (χ1n) is 14.0. The molecule has 1 aliphatic heterocycles. The van der Waals surface area contributed by atoms with Gasteiger partial charge in [-0.2, -0.15) is 0 Å². The molecule has 0 unspecified atom stereocenters. The molecule has 10 heteroatoms. The number of hydrogen-bond acceptors (Lipinski definition) is 4. The second-order valence-electron chi connectivity index (χ2n) is 11.1. The summed E-state index contributed by atoms with van der Waals surface area (Å²) in [5.74, 6) is -1.43. The zero-order valence-electron chi connectivity index (χ0n) is 22.7. The van der Waals surface area contributed by atoms with Crippen molar-refractivity contribution in [3.63, 3.8) is 0 Å². The zero-order chi connectivity index (χ0) is 27.7. The van der Waals surface area contributed by atoms with Gasteiger partial charge in [0.2, 0.25) is 0 Å². The summed E-state index contributed by atoms with van der Waals surface area (Å²) in [6, 6.07) is 2.84. The summed E-state index contributed by atoms with van der Waals surface area (Å²) in [6.45, 7) is 1.61. The maximum absolute atomic E-state index is 14.2. The number of halogens is 2. The Morgan fingerprint density at radius 2 is 1.82 bits per heavy atom. The highest BCUT2D eigenvalue weighted by atomic mass is 19.1. The molecule has 3 rings (SSSR count). The summed E-state index contributed by atoms with van der Waals surface area (Å²) in [5, 5.41) is 27.5. The number of piperidine rings is 1. The molecule has 214 valence electrons. The summed E-state index contributed by atoms with van der Waals surface area (Å²) in [7, 11) is 3.31. The first-order valence-corrected chi connectivity index (χ1v) is 14.0. The van der Waals surface area contributed by atoms with Gasteiger partial charge in [-0.15, -0.1) is 0 Å². The van der Waals surface area contributed by atoms with Crippen molar-refractivity contribution in [1.29, 1.82) is 0 Å². The van der Waals surface area contributed by atoms with E-state index in [0.29, 0.717) is 38.3 Å². The van der Waals surface area contributed by atoms with E-state index in [1.807, 2.05) is 7.05 Å². The Bertz CT molecular complexity index is 910. The summed E-state index contributed by atoms with van der Waals surface area (Å²) < 4.78 is 28.4. The Morgan fingerprint density at radius 1 is 1.13 bits per heavy atom. The standard InChI is InChI=1S/C28H44F2N4O4/c1-31-18-25(14-20-8-4-3-5-9-20)32-26(35)34-13-6-10-21(19-34)28(38,11-7-12-33(2)27(36)37)22-15-23(29)17-24(30)16-22/h15-17,20-21,25,31,38H,3-14,18-19H2,1-2H3,(H,32,35)(H,36,37)/t21-,25+,28+/m1/s1. The minimum absolute atomic E-state index is 0.00117. The Morgan fingerprint density at radius 3 is 2.45 bits per heavy atom. The van der Waals surface area contributed by atoms with Crippen molar-refractivity contribution in [2.45, 2.75) is 75.9 Å². The van der Waals surface area contributed by atoms with E-state index in [4.69, 9.17) is 5.11 Å². The van der Waals surface area contributed by atoms with Gasteiger partial charge in [0.15, 0.2) is 0 Å². The summed E-state index contributed by atoms with van der Waals surface area (Å²) in [6.07, 6.45) is 7.60. The molecule has 1 aromatic carbocycles. The van der Waals surface area contributed by atoms with Gasteiger partial charge in [-0.05, 0) is 62.8 Å². The number of likely N-dealkylation sites (N-methyl/N-ethyl adjacent to an activating group) is 1. The summed E-state index contributed by atoms with van der Waals surface area (Å²) in [4.78, 5) is 27.3. The number of carbonyl (C=O) groups excluding carboxylic acids is 1. The molecule has 38 heavy (non-hydrogen) atoms. The van der Waals surface area contributed by atoms with Crippen LogP contribution in [0.4, 0.5) is 18.4 Å². The van der Waals surface area contributed by atoms with Crippen LogP contribution in [0.3, 0.4) is 0 Å². The highest BCUT2D eigenvalue weighted by molar-refractivity contribution is 5.74. The average molecular weight is 539 g/mol. The maximum atomic E-state index is 14.2.